The van der Waals surface area contributed by atoms with Crippen molar-refractivity contribution in [2.45, 2.75) is 13.3 Å². The molecule has 0 aliphatic carbocycles. The Hall–Kier alpha value is -3.18. The Bertz CT molecular complexity index is 1010. The molecule has 4 rings (SSSR count). The Morgan fingerprint density at radius 1 is 0.929 bits per heavy atom. The summed E-state index contributed by atoms with van der Waals surface area (Å²) in [6, 6.07) is 25.2. The fraction of sp³-hybridized carbons (Fsp3) is 0.130. The maximum absolute atomic E-state index is 12.6. The number of anilines is 2. The topological polar surface area (TPSA) is 32.8 Å². The molecule has 3 aromatic carbocycles. The minimum Gasteiger partial charge on any atom is -0.457 e. The zero-order chi connectivity index (χ0) is 19.5. The van der Waals surface area contributed by atoms with E-state index in [1.165, 1.54) is 0 Å². The van der Waals surface area contributed by atoms with Crippen LogP contribution in [0.3, 0.4) is 0 Å². The van der Waals surface area contributed by atoms with Gasteiger partial charge < -0.3 is 9.64 Å². The van der Waals surface area contributed by atoms with Gasteiger partial charge in [-0.15, -0.1) is 0 Å². The summed E-state index contributed by atoms with van der Waals surface area (Å²) in [7, 11) is 0. The third-order valence-corrected chi connectivity index (χ3v) is 5.09. The average Bonchev–Trinajstić information content (AvgIpc) is 3.03. The van der Waals surface area contributed by atoms with Gasteiger partial charge in [0.25, 0.3) is 5.91 Å². The maximum atomic E-state index is 12.6. The van der Waals surface area contributed by atoms with Gasteiger partial charge in [-0.25, -0.2) is 0 Å². The van der Waals surface area contributed by atoms with Crippen LogP contribution in [0.5, 0.6) is 11.5 Å². The molecule has 4 nitrogen and oxygen atoms in total. The molecule has 0 spiro atoms. The molecule has 1 aliphatic rings. The van der Waals surface area contributed by atoms with Gasteiger partial charge in [0.2, 0.25) is 0 Å². The second-order valence-electron chi connectivity index (χ2n) is 6.49. The van der Waals surface area contributed by atoms with Gasteiger partial charge >= 0.3 is 0 Å². The van der Waals surface area contributed by atoms with E-state index in [0.717, 1.165) is 34.9 Å². The summed E-state index contributed by atoms with van der Waals surface area (Å²) in [5.74, 6) is 1.58. The van der Waals surface area contributed by atoms with Crippen molar-refractivity contribution in [3.05, 3.63) is 84.4 Å². The third-order valence-electron chi connectivity index (χ3n) is 4.69. The summed E-state index contributed by atoms with van der Waals surface area (Å²) >= 11 is 5.62. The molecule has 0 bridgehead atoms. The molecule has 5 heteroatoms. The van der Waals surface area contributed by atoms with Crippen molar-refractivity contribution < 1.29 is 9.53 Å². The number of ether oxygens (including phenoxy) is 1. The number of aryl methyl sites for hydroxylation is 1. The van der Waals surface area contributed by atoms with Crippen LogP contribution in [0.4, 0.5) is 11.4 Å². The van der Waals surface area contributed by atoms with Crippen molar-refractivity contribution in [1.82, 2.24) is 0 Å². The number of thiocarbonyl (C=S) groups is 1. The van der Waals surface area contributed by atoms with Gasteiger partial charge in [-0.2, -0.15) is 0 Å². The largest absolute Gasteiger partial charge is 0.457 e. The molecule has 0 aromatic heterocycles. The number of amides is 1. The van der Waals surface area contributed by atoms with Crippen LogP contribution >= 0.6 is 12.2 Å². The summed E-state index contributed by atoms with van der Waals surface area (Å²) in [4.78, 5) is 16.1. The van der Waals surface area contributed by atoms with Crippen LogP contribution in [0.2, 0.25) is 0 Å². The van der Waals surface area contributed by atoms with E-state index in [2.05, 4.69) is 6.92 Å². The highest BCUT2D eigenvalue weighted by Gasteiger charge is 2.34. The Balaban J connectivity index is 1.61. The lowest BCUT2D eigenvalue weighted by atomic mass is 10.1. The zero-order valence-electron chi connectivity index (χ0n) is 15.5. The molecule has 140 valence electrons. The molecule has 0 N–H and O–H groups in total. The third kappa shape index (κ3) is 3.49. The highest BCUT2D eigenvalue weighted by molar-refractivity contribution is 7.81. The summed E-state index contributed by atoms with van der Waals surface area (Å²) < 4.78 is 6.03. The van der Waals surface area contributed by atoms with E-state index < -0.39 is 0 Å². The molecule has 0 unspecified atom stereocenters. The van der Waals surface area contributed by atoms with Gasteiger partial charge in [-0.1, -0.05) is 43.3 Å². The molecule has 1 aliphatic heterocycles. The van der Waals surface area contributed by atoms with E-state index in [4.69, 9.17) is 17.0 Å². The summed E-state index contributed by atoms with van der Waals surface area (Å²) in [5.41, 5.74) is 2.75. The van der Waals surface area contributed by atoms with Gasteiger partial charge in [-0.05, 0) is 66.7 Å². The Morgan fingerprint density at radius 2 is 1.61 bits per heavy atom. The number of benzene rings is 3. The van der Waals surface area contributed by atoms with Crippen LogP contribution in [0.1, 0.15) is 12.5 Å². The molecule has 0 atom stereocenters. The van der Waals surface area contributed by atoms with E-state index in [1.807, 2.05) is 83.8 Å². The highest BCUT2D eigenvalue weighted by atomic mass is 32.1. The van der Waals surface area contributed by atoms with Crippen molar-refractivity contribution in [2.24, 2.45) is 0 Å². The first-order chi connectivity index (χ1) is 13.7. The standard InChI is InChI=1S/C23H20N2O2S/c1-2-17-15-19(13-14-21(17)27-20-11-7-4-8-12-20)24-16-22(26)25(23(24)28)18-9-5-3-6-10-18/h3-15H,2,16H2,1H3. The van der Waals surface area contributed by atoms with Crippen LogP contribution in [0.25, 0.3) is 0 Å². The molecular formula is C23H20N2O2S. The van der Waals surface area contributed by atoms with E-state index in [9.17, 15) is 4.79 Å². The summed E-state index contributed by atoms with van der Waals surface area (Å²) in [5, 5.41) is 0.495. The van der Waals surface area contributed by atoms with Crippen molar-refractivity contribution in [1.29, 1.82) is 0 Å². The van der Waals surface area contributed by atoms with E-state index in [-0.39, 0.29) is 12.5 Å². The molecule has 1 heterocycles. The number of hydrogen-bond donors (Lipinski definition) is 0. The average molecular weight is 388 g/mol. The van der Waals surface area contributed by atoms with Crippen LogP contribution in [0.15, 0.2) is 78.9 Å². The van der Waals surface area contributed by atoms with Crippen LogP contribution in [0, 0.1) is 0 Å². The smallest absolute Gasteiger partial charge is 0.253 e. The van der Waals surface area contributed by atoms with Crippen LogP contribution in [-0.4, -0.2) is 17.6 Å². The monoisotopic (exact) mass is 388 g/mol. The van der Waals surface area contributed by atoms with E-state index in [1.54, 1.807) is 4.90 Å². The fourth-order valence-corrected chi connectivity index (χ4v) is 3.64. The molecule has 1 fully saturated rings. The molecule has 0 saturated carbocycles. The first-order valence-corrected chi connectivity index (χ1v) is 9.63. The molecule has 3 aromatic rings. The minimum atomic E-state index is -0.0288. The zero-order valence-corrected chi connectivity index (χ0v) is 16.4. The molecule has 28 heavy (non-hydrogen) atoms. The normalized spacial score (nSPS) is 13.9. The quantitative estimate of drug-likeness (QED) is 0.564. The van der Waals surface area contributed by atoms with Crippen molar-refractivity contribution >= 4 is 34.6 Å². The number of para-hydroxylation sites is 2. The molecular weight excluding hydrogens is 368 g/mol. The lowest BCUT2D eigenvalue weighted by Gasteiger charge is -2.21. The second kappa shape index (κ2) is 7.82. The Morgan fingerprint density at radius 3 is 2.29 bits per heavy atom. The Labute approximate surface area is 170 Å². The first-order valence-electron chi connectivity index (χ1n) is 9.22. The van der Waals surface area contributed by atoms with Crippen molar-refractivity contribution in [2.75, 3.05) is 16.3 Å². The Kier molecular flexibility index (Phi) is 5.08. The first kappa shape index (κ1) is 18.2. The van der Waals surface area contributed by atoms with Crippen LogP contribution < -0.4 is 14.5 Å². The van der Waals surface area contributed by atoms with E-state index >= 15 is 0 Å². The van der Waals surface area contributed by atoms with Gasteiger partial charge in [0.05, 0.1) is 5.69 Å². The SMILES string of the molecule is CCc1cc(N2CC(=O)N(c3ccccc3)C2=S)ccc1Oc1ccccc1. The fourth-order valence-electron chi connectivity index (χ4n) is 3.26. The lowest BCUT2D eigenvalue weighted by Crippen LogP contribution is -2.32. The van der Waals surface area contributed by atoms with Gasteiger partial charge in [0, 0.05) is 5.69 Å². The van der Waals surface area contributed by atoms with Gasteiger partial charge in [0.15, 0.2) is 5.11 Å². The van der Waals surface area contributed by atoms with Gasteiger partial charge in [0.1, 0.15) is 18.0 Å². The second-order valence-corrected chi connectivity index (χ2v) is 6.86. The lowest BCUT2D eigenvalue weighted by molar-refractivity contribution is -0.115. The number of rotatable bonds is 5. The maximum Gasteiger partial charge on any atom is 0.253 e. The number of carbonyl (C=O) groups is 1. The van der Waals surface area contributed by atoms with Crippen molar-refractivity contribution in [3.8, 4) is 11.5 Å². The van der Waals surface area contributed by atoms with Gasteiger partial charge in [-0.3, -0.25) is 9.69 Å². The number of carbonyl (C=O) groups excluding carboxylic acids is 1. The number of nitrogens with zero attached hydrogens (tertiary/aromatic N) is 2. The number of hydrogen-bond acceptors (Lipinski definition) is 3. The predicted octanol–water partition coefficient (Wildman–Crippen LogP) is 5.18. The van der Waals surface area contributed by atoms with E-state index in [0.29, 0.717) is 5.11 Å². The molecule has 1 amide bonds. The van der Waals surface area contributed by atoms with Crippen molar-refractivity contribution in [3.63, 3.8) is 0 Å². The highest BCUT2D eigenvalue weighted by Crippen LogP contribution is 2.32. The minimum absolute atomic E-state index is 0.0288. The molecule has 0 radical (unpaired) electrons. The molecule has 1 saturated heterocycles. The summed E-state index contributed by atoms with van der Waals surface area (Å²) in [6.07, 6.45) is 0.812. The predicted molar refractivity (Wildman–Crippen MR) is 116 cm³/mol. The van der Waals surface area contributed by atoms with Crippen LogP contribution in [-0.2, 0) is 11.2 Å². The summed E-state index contributed by atoms with van der Waals surface area (Å²) in [6.45, 7) is 2.32.